The SMILES string of the molecule is C#CCN(C)C(=O)C1(CN)CCC1. The molecule has 1 rings (SSSR count). The van der Waals surface area contributed by atoms with Crippen molar-refractivity contribution < 1.29 is 4.79 Å². The molecule has 3 heteroatoms. The summed E-state index contributed by atoms with van der Waals surface area (Å²) in [5.41, 5.74) is 5.32. The molecule has 0 bridgehead atoms. The van der Waals surface area contributed by atoms with E-state index in [1.807, 2.05) is 0 Å². The van der Waals surface area contributed by atoms with Gasteiger partial charge in [0.2, 0.25) is 5.91 Å². The molecule has 72 valence electrons. The molecule has 1 saturated carbocycles. The van der Waals surface area contributed by atoms with Gasteiger partial charge >= 0.3 is 0 Å². The molecular formula is C10H16N2O. The second kappa shape index (κ2) is 3.80. The lowest BCUT2D eigenvalue weighted by Gasteiger charge is -2.41. The Balaban J connectivity index is 2.60. The molecule has 2 N–H and O–H groups in total. The highest BCUT2D eigenvalue weighted by molar-refractivity contribution is 5.83. The molecule has 0 atom stereocenters. The van der Waals surface area contributed by atoms with Crippen LogP contribution >= 0.6 is 0 Å². The second-order valence-corrected chi connectivity index (χ2v) is 3.70. The van der Waals surface area contributed by atoms with Crippen molar-refractivity contribution in [1.29, 1.82) is 0 Å². The lowest BCUT2D eigenvalue weighted by Crippen LogP contribution is -2.50. The van der Waals surface area contributed by atoms with Gasteiger partial charge in [0.25, 0.3) is 0 Å². The van der Waals surface area contributed by atoms with Crippen molar-refractivity contribution in [3.63, 3.8) is 0 Å². The fraction of sp³-hybridized carbons (Fsp3) is 0.700. The van der Waals surface area contributed by atoms with Crippen LogP contribution in [0.4, 0.5) is 0 Å². The molecule has 0 heterocycles. The minimum Gasteiger partial charge on any atom is -0.334 e. The average Bonchev–Trinajstić information content (AvgIpc) is 2.03. The molecule has 0 spiro atoms. The number of hydrogen-bond donors (Lipinski definition) is 1. The Morgan fingerprint density at radius 3 is 2.62 bits per heavy atom. The highest BCUT2D eigenvalue weighted by Crippen LogP contribution is 2.41. The zero-order valence-electron chi connectivity index (χ0n) is 8.05. The van der Waals surface area contributed by atoms with Crippen LogP contribution in [0.25, 0.3) is 0 Å². The molecule has 0 aromatic heterocycles. The first-order valence-electron chi connectivity index (χ1n) is 4.55. The third kappa shape index (κ3) is 1.68. The maximum atomic E-state index is 11.8. The molecule has 0 radical (unpaired) electrons. The predicted molar refractivity (Wildman–Crippen MR) is 51.8 cm³/mol. The number of carbonyl (C=O) groups excluding carboxylic acids is 1. The van der Waals surface area contributed by atoms with Gasteiger partial charge in [0.15, 0.2) is 0 Å². The van der Waals surface area contributed by atoms with E-state index in [2.05, 4.69) is 5.92 Å². The minimum absolute atomic E-state index is 0.110. The summed E-state index contributed by atoms with van der Waals surface area (Å²) in [6.45, 7) is 0.821. The molecule has 0 aromatic rings. The summed E-state index contributed by atoms with van der Waals surface area (Å²) in [4.78, 5) is 13.4. The molecule has 0 unspecified atom stereocenters. The first kappa shape index (κ1) is 10.1. The van der Waals surface area contributed by atoms with Crippen molar-refractivity contribution in [2.45, 2.75) is 19.3 Å². The van der Waals surface area contributed by atoms with Crippen molar-refractivity contribution in [3.8, 4) is 12.3 Å². The first-order chi connectivity index (χ1) is 6.16. The van der Waals surface area contributed by atoms with Gasteiger partial charge in [-0.1, -0.05) is 12.3 Å². The van der Waals surface area contributed by atoms with Crippen molar-refractivity contribution >= 4 is 5.91 Å². The topological polar surface area (TPSA) is 46.3 Å². The van der Waals surface area contributed by atoms with Gasteiger partial charge in [-0.2, -0.15) is 0 Å². The zero-order valence-corrected chi connectivity index (χ0v) is 8.05. The van der Waals surface area contributed by atoms with E-state index in [9.17, 15) is 4.79 Å². The van der Waals surface area contributed by atoms with Crippen molar-refractivity contribution in [1.82, 2.24) is 4.90 Å². The molecular weight excluding hydrogens is 164 g/mol. The summed E-state index contributed by atoms with van der Waals surface area (Å²) in [6.07, 6.45) is 8.07. The monoisotopic (exact) mass is 180 g/mol. The van der Waals surface area contributed by atoms with Crippen LogP contribution in [0, 0.1) is 17.8 Å². The zero-order chi connectivity index (χ0) is 9.90. The van der Waals surface area contributed by atoms with Crippen molar-refractivity contribution in [3.05, 3.63) is 0 Å². The van der Waals surface area contributed by atoms with E-state index < -0.39 is 0 Å². The number of amides is 1. The Hall–Kier alpha value is -1.01. The van der Waals surface area contributed by atoms with Crippen LogP contribution in [0.1, 0.15) is 19.3 Å². The number of nitrogens with two attached hydrogens (primary N) is 1. The number of nitrogens with zero attached hydrogens (tertiary/aromatic N) is 1. The maximum absolute atomic E-state index is 11.8. The van der Waals surface area contributed by atoms with Crippen LogP contribution in [0.3, 0.4) is 0 Å². The largest absolute Gasteiger partial charge is 0.334 e. The molecule has 13 heavy (non-hydrogen) atoms. The van der Waals surface area contributed by atoms with Gasteiger partial charge in [-0.25, -0.2) is 0 Å². The van der Waals surface area contributed by atoms with E-state index in [4.69, 9.17) is 12.2 Å². The maximum Gasteiger partial charge on any atom is 0.230 e. The third-order valence-corrected chi connectivity index (χ3v) is 2.83. The van der Waals surface area contributed by atoms with Gasteiger partial charge in [0.1, 0.15) is 0 Å². The Morgan fingerprint density at radius 1 is 1.69 bits per heavy atom. The third-order valence-electron chi connectivity index (χ3n) is 2.83. The highest BCUT2D eigenvalue weighted by atomic mass is 16.2. The summed E-state index contributed by atoms with van der Waals surface area (Å²) in [5, 5.41) is 0. The molecule has 1 aliphatic carbocycles. The molecule has 1 amide bonds. The van der Waals surface area contributed by atoms with Crippen molar-refractivity contribution in [2.75, 3.05) is 20.1 Å². The number of rotatable bonds is 3. The molecule has 0 aromatic carbocycles. The Kier molecular flexibility index (Phi) is 2.94. The molecule has 0 saturated heterocycles. The van der Waals surface area contributed by atoms with Crippen LogP contribution < -0.4 is 5.73 Å². The Labute approximate surface area is 79.3 Å². The summed E-state index contributed by atoms with van der Waals surface area (Å²) >= 11 is 0. The van der Waals surface area contributed by atoms with Crippen LogP contribution in [0.2, 0.25) is 0 Å². The van der Waals surface area contributed by atoms with Crippen LogP contribution in [0.15, 0.2) is 0 Å². The Morgan fingerprint density at radius 2 is 2.31 bits per heavy atom. The van der Waals surface area contributed by atoms with E-state index in [0.717, 1.165) is 19.3 Å². The molecule has 3 nitrogen and oxygen atoms in total. The lowest BCUT2D eigenvalue weighted by atomic mass is 9.68. The van der Waals surface area contributed by atoms with Crippen LogP contribution in [-0.4, -0.2) is 30.9 Å². The van der Waals surface area contributed by atoms with Gasteiger partial charge < -0.3 is 10.6 Å². The van der Waals surface area contributed by atoms with Crippen LogP contribution in [-0.2, 0) is 4.79 Å². The van der Waals surface area contributed by atoms with E-state index in [0.29, 0.717) is 13.1 Å². The smallest absolute Gasteiger partial charge is 0.230 e. The normalized spacial score (nSPS) is 18.5. The standard InChI is InChI=1S/C10H16N2O/c1-3-7-12(2)9(13)10(8-11)5-4-6-10/h1H,4-8,11H2,2H3. The fourth-order valence-electron chi connectivity index (χ4n) is 1.72. The van der Waals surface area contributed by atoms with E-state index >= 15 is 0 Å². The molecule has 0 aliphatic heterocycles. The fourth-order valence-corrected chi connectivity index (χ4v) is 1.72. The molecule has 1 fully saturated rings. The average molecular weight is 180 g/mol. The van der Waals surface area contributed by atoms with Gasteiger partial charge in [-0.3, -0.25) is 4.79 Å². The lowest BCUT2D eigenvalue weighted by molar-refractivity contribution is -0.144. The number of hydrogen-bond acceptors (Lipinski definition) is 2. The first-order valence-corrected chi connectivity index (χ1v) is 4.55. The molecule has 1 aliphatic rings. The highest BCUT2D eigenvalue weighted by Gasteiger charge is 2.44. The van der Waals surface area contributed by atoms with Gasteiger partial charge in [0.05, 0.1) is 12.0 Å². The minimum atomic E-state index is -0.286. The number of carbonyl (C=O) groups is 1. The van der Waals surface area contributed by atoms with E-state index in [-0.39, 0.29) is 11.3 Å². The van der Waals surface area contributed by atoms with Gasteiger partial charge in [-0.15, -0.1) is 6.42 Å². The number of terminal acetylenes is 1. The van der Waals surface area contributed by atoms with Crippen LogP contribution in [0.5, 0.6) is 0 Å². The summed E-state index contributed by atoms with van der Waals surface area (Å²) < 4.78 is 0. The predicted octanol–water partition coefficient (Wildman–Crippen LogP) is 0.207. The summed E-state index contributed by atoms with van der Waals surface area (Å²) in [7, 11) is 1.73. The summed E-state index contributed by atoms with van der Waals surface area (Å²) in [5.74, 6) is 2.57. The van der Waals surface area contributed by atoms with Crippen molar-refractivity contribution in [2.24, 2.45) is 11.1 Å². The van der Waals surface area contributed by atoms with Gasteiger partial charge in [0, 0.05) is 13.6 Å². The van der Waals surface area contributed by atoms with E-state index in [1.54, 1.807) is 11.9 Å². The quantitative estimate of drug-likeness (QED) is 0.631. The van der Waals surface area contributed by atoms with Gasteiger partial charge in [-0.05, 0) is 12.8 Å². The summed E-state index contributed by atoms with van der Waals surface area (Å²) in [6, 6.07) is 0. The Bertz CT molecular complexity index is 232. The van der Waals surface area contributed by atoms with E-state index in [1.165, 1.54) is 0 Å². The second-order valence-electron chi connectivity index (χ2n) is 3.70.